The summed E-state index contributed by atoms with van der Waals surface area (Å²) in [5.41, 5.74) is 1.60. The fourth-order valence-corrected chi connectivity index (χ4v) is 2.19. The Labute approximate surface area is 143 Å². The highest BCUT2D eigenvalue weighted by molar-refractivity contribution is 9.10. The molecule has 0 amide bonds. The molecule has 0 aliphatic heterocycles. The van der Waals surface area contributed by atoms with Crippen molar-refractivity contribution in [3.05, 3.63) is 58.3 Å². The second-order valence-electron chi connectivity index (χ2n) is 4.72. The van der Waals surface area contributed by atoms with Crippen LogP contribution in [0.4, 0.5) is 0 Å². The van der Waals surface area contributed by atoms with Crippen LogP contribution >= 0.6 is 15.9 Å². The lowest BCUT2D eigenvalue weighted by Crippen LogP contribution is -2.12. The molecule has 0 aliphatic carbocycles. The van der Waals surface area contributed by atoms with Crippen LogP contribution in [0.2, 0.25) is 0 Å². The summed E-state index contributed by atoms with van der Waals surface area (Å²) in [5.74, 6) is 0.346. The van der Waals surface area contributed by atoms with E-state index in [0.29, 0.717) is 24.2 Å². The molecule has 0 aliphatic rings. The standard InChI is InChI=1S/C17H15BrN2O3/c18-15-9-16(12-20-11-15)22-7-8-23-17(21)6-5-13-1-3-14(10-19)4-2-13/h1-4,9,11-12H,5-8H2. The summed E-state index contributed by atoms with van der Waals surface area (Å²) in [5, 5.41) is 8.72. The Morgan fingerprint density at radius 3 is 2.70 bits per heavy atom. The number of aryl methyl sites for hydroxylation is 1. The van der Waals surface area contributed by atoms with E-state index < -0.39 is 0 Å². The molecule has 118 valence electrons. The van der Waals surface area contributed by atoms with Gasteiger partial charge in [-0.3, -0.25) is 9.78 Å². The molecule has 0 saturated carbocycles. The third-order valence-electron chi connectivity index (χ3n) is 3.00. The lowest BCUT2D eigenvalue weighted by Gasteiger charge is -2.07. The summed E-state index contributed by atoms with van der Waals surface area (Å²) in [7, 11) is 0. The van der Waals surface area contributed by atoms with Crippen molar-refractivity contribution in [1.29, 1.82) is 5.26 Å². The van der Waals surface area contributed by atoms with Crippen LogP contribution in [0.15, 0.2) is 47.2 Å². The molecule has 2 aromatic rings. The van der Waals surface area contributed by atoms with Gasteiger partial charge in [0, 0.05) is 17.1 Å². The first kappa shape index (κ1) is 17.0. The van der Waals surface area contributed by atoms with Crippen molar-refractivity contribution in [3.8, 4) is 11.8 Å². The molecule has 1 heterocycles. The highest BCUT2D eigenvalue weighted by Gasteiger charge is 2.04. The molecule has 1 aromatic heterocycles. The van der Waals surface area contributed by atoms with Crippen molar-refractivity contribution in [2.24, 2.45) is 0 Å². The zero-order chi connectivity index (χ0) is 16.5. The monoisotopic (exact) mass is 374 g/mol. The maximum Gasteiger partial charge on any atom is 0.306 e. The Morgan fingerprint density at radius 1 is 1.22 bits per heavy atom. The maximum atomic E-state index is 11.7. The van der Waals surface area contributed by atoms with Crippen LogP contribution in [0.1, 0.15) is 17.5 Å². The summed E-state index contributed by atoms with van der Waals surface area (Å²) in [6, 6.07) is 11.0. The molecule has 2 rings (SSSR count). The summed E-state index contributed by atoms with van der Waals surface area (Å²) in [6.07, 6.45) is 4.14. The van der Waals surface area contributed by atoms with Gasteiger partial charge in [0.05, 0.1) is 17.8 Å². The van der Waals surface area contributed by atoms with E-state index in [1.54, 1.807) is 30.6 Å². The number of carbonyl (C=O) groups is 1. The summed E-state index contributed by atoms with van der Waals surface area (Å²) in [4.78, 5) is 15.6. The van der Waals surface area contributed by atoms with E-state index in [2.05, 4.69) is 27.0 Å². The molecule has 0 fully saturated rings. The van der Waals surface area contributed by atoms with E-state index >= 15 is 0 Å². The Balaban J connectivity index is 1.64. The van der Waals surface area contributed by atoms with Crippen LogP contribution in [0.3, 0.4) is 0 Å². The van der Waals surface area contributed by atoms with Crippen molar-refractivity contribution in [1.82, 2.24) is 4.98 Å². The van der Waals surface area contributed by atoms with Gasteiger partial charge in [-0.05, 0) is 46.1 Å². The number of hydrogen-bond donors (Lipinski definition) is 0. The van der Waals surface area contributed by atoms with Crippen LogP contribution in [-0.4, -0.2) is 24.2 Å². The number of carbonyl (C=O) groups excluding carboxylic acids is 1. The molecule has 0 saturated heterocycles. The highest BCUT2D eigenvalue weighted by atomic mass is 79.9. The molecule has 0 N–H and O–H groups in total. The van der Waals surface area contributed by atoms with Crippen LogP contribution in [0, 0.1) is 11.3 Å². The summed E-state index contributed by atoms with van der Waals surface area (Å²) in [6.45, 7) is 0.472. The smallest absolute Gasteiger partial charge is 0.306 e. The molecule has 5 nitrogen and oxygen atoms in total. The molecule has 0 bridgehead atoms. The van der Waals surface area contributed by atoms with Crippen molar-refractivity contribution in [3.63, 3.8) is 0 Å². The van der Waals surface area contributed by atoms with Crippen LogP contribution in [-0.2, 0) is 16.0 Å². The predicted molar refractivity (Wildman–Crippen MR) is 87.9 cm³/mol. The maximum absolute atomic E-state index is 11.7. The second-order valence-corrected chi connectivity index (χ2v) is 5.63. The number of aromatic nitrogens is 1. The largest absolute Gasteiger partial charge is 0.488 e. The fourth-order valence-electron chi connectivity index (χ4n) is 1.85. The van der Waals surface area contributed by atoms with Gasteiger partial charge in [-0.15, -0.1) is 0 Å². The number of hydrogen-bond acceptors (Lipinski definition) is 5. The Bertz CT molecular complexity index is 696. The van der Waals surface area contributed by atoms with Gasteiger partial charge in [0.25, 0.3) is 0 Å². The van der Waals surface area contributed by atoms with Crippen molar-refractivity contribution in [2.45, 2.75) is 12.8 Å². The number of esters is 1. The molecule has 0 unspecified atom stereocenters. The van der Waals surface area contributed by atoms with Crippen molar-refractivity contribution >= 4 is 21.9 Å². The van der Waals surface area contributed by atoms with Gasteiger partial charge >= 0.3 is 5.97 Å². The number of pyridine rings is 1. The number of nitrogens with zero attached hydrogens (tertiary/aromatic N) is 2. The quantitative estimate of drug-likeness (QED) is 0.549. The lowest BCUT2D eigenvalue weighted by atomic mass is 10.1. The number of nitriles is 1. The fraction of sp³-hybridized carbons (Fsp3) is 0.235. The number of rotatable bonds is 7. The molecule has 0 spiro atoms. The van der Waals surface area contributed by atoms with Crippen molar-refractivity contribution in [2.75, 3.05) is 13.2 Å². The first-order valence-electron chi connectivity index (χ1n) is 7.05. The number of ether oxygens (including phenoxy) is 2. The third-order valence-corrected chi connectivity index (χ3v) is 3.43. The SMILES string of the molecule is N#Cc1ccc(CCC(=O)OCCOc2cncc(Br)c2)cc1. The van der Waals surface area contributed by atoms with Gasteiger partial charge in [0.15, 0.2) is 0 Å². The zero-order valence-electron chi connectivity index (χ0n) is 12.4. The minimum absolute atomic E-state index is 0.193. The van der Waals surface area contributed by atoms with Crippen LogP contribution < -0.4 is 4.74 Å². The molecular formula is C17H15BrN2O3. The summed E-state index contributed by atoms with van der Waals surface area (Å²) < 4.78 is 11.4. The number of benzene rings is 1. The average Bonchev–Trinajstić information content (AvgIpc) is 2.57. The van der Waals surface area contributed by atoms with E-state index in [4.69, 9.17) is 14.7 Å². The first-order valence-corrected chi connectivity index (χ1v) is 7.84. The van der Waals surface area contributed by atoms with Gasteiger partial charge in [0.2, 0.25) is 0 Å². The van der Waals surface area contributed by atoms with Gasteiger partial charge in [-0.2, -0.15) is 5.26 Å². The Morgan fingerprint density at radius 2 is 2.00 bits per heavy atom. The van der Waals surface area contributed by atoms with E-state index in [1.165, 1.54) is 0 Å². The average molecular weight is 375 g/mol. The Kier molecular flexibility index (Phi) is 6.57. The van der Waals surface area contributed by atoms with E-state index in [9.17, 15) is 4.79 Å². The minimum atomic E-state index is -0.273. The normalized spacial score (nSPS) is 9.91. The van der Waals surface area contributed by atoms with Crippen molar-refractivity contribution < 1.29 is 14.3 Å². The van der Waals surface area contributed by atoms with E-state index in [1.807, 2.05) is 12.1 Å². The lowest BCUT2D eigenvalue weighted by molar-refractivity contribution is -0.144. The van der Waals surface area contributed by atoms with Gasteiger partial charge in [0.1, 0.15) is 19.0 Å². The topological polar surface area (TPSA) is 72.2 Å². The molecule has 0 radical (unpaired) electrons. The van der Waals surface area contributed by atoms with Gasteiger partial charge < -0.3 is 9.47 Å². The third kappa shape index (κ3) is 6.09. The van der Waals surface area contributed by atoms with E-state index in [-0.39, 0.29) is 19.2 Å². The molecule has 6 heteroatoms. The minimum Gasteiger partial charge on any atom is -0.488 e. The molecular weight excluding hydrogens is 360 g/mol. The number of halogens is 1. The molecule has 23 heavy (non-hydrogen) atoms. The van der Waals surface area contributed by atoms with E-state index in [0.717, 1.165) is 10.0 Å². The second kappa shape index (κ2) is 8.91. The van der Waals surface area contributed by atoms with Gasteiger partial charge in [-0.25, -0.2) is 0 Å². The predicted octanol–water partition coefficient (Wildman–Crippen LogP) is 3.27. The van der Waals surface area contributed by atoms with Crippen LogP contribution in [0.5, 0.6) is 5.75 Å². The Hall–Kier alpha value is -2.39. The first-order chi connectivity index (χ1) is 11.2. The zero-order valence-corrected chi connectivity index (χ0v) is 14.0. The summed E-state index contributed by atoms with van der Waals surface area (Å²) >= 11 is 3.30. The van der Waals surface area contributed by atoms with Crippen LogP contribution in [0.25, 0.3) is 0 Å². The van der Waals surface area contributed by atoms with Gasteiger partial charge in [-0.1, -0.05) is 12.1 Å². The molecule has 0 atom stereocenters. The molecule has 1 aromatic carbocycles. The highest BCUT2D eigenvalue weighted by Crippen LogP contribution is 2.15.